The Morgan fingerprint density at radius 3 is 2.69 bits per heavy atom. The molecule has 0 atom stereocenters. The van der Waals surface area contributed by atoms with Crippen LogP contribution in [0.25, 0.3) is 0 Å². The Hall–Kier alpha value is -2.48. The number of rotatable bonds is 8. The van der Waals surface area contributed by atoms with Gasteiger partial charge < -0.3 is 15.2 Å². The predicted molar refractivity (Wildman–Crippen MR) is 110 cm³/mol. The average Bonchev–Trinajstić information content (AvgIpc) is 3.37. The lowest BCUT2D eigenvalue weighted by Crippen LogP contribution is -2.36. The molecule has 29 heavy (non-hydrogen) atoms. The molecule has 154 valence electrons. The van der Waals surface area contributed by atoms with Crippen molar-refractivity contribution in [1.29, 1.82) is 0 Å². The minimum Gasteiger partial charge on any atom is -0.353 e. The van der Waals surface area contributed by atoms with Gasteiger partial charge in [-0.1, -0.05) is 16.8 Å². The Morgan fingerprint density at radius 2 is 2.03 bits per heavy atom. The molecule has 2 amide bonds. The molecule has 2 N–H and O–H groups in total. The van der Waals surface area contributed by atoms with Crippen LogP contribution in [0.1, 0.15) is 27.9 Å². The first-order chi connectivity index (χ1) is 13.8. The summed E-state index contributed by atoms with van der Waals surface area (Å²) in [6.45, 7) is 4.62. The summed E-state index contributed by atoms with van der Waals surface area (Å²) in [6, 6.07) is 0. The highest BCUT2D eigenvalue weighted by Gasteiger charge is 2.16. The molecule has 0 spiro atoms. The van der Waals surface area contributed by atoms with Crippen molar-refractivity contribution in [1.82, 2.24) is 40.3 Å². The van der Waals surface area contributed by atoms with Crippen molar-refractivity contribution in [2.45, 2.75) is 26.9 Å². The maximum absolute atomic E-state index is 12.1. The van der Waals surface area contributed by atoms with Crippen LogP contribution in [0.3, 0.4) is 0 Å². The zero-order chi connectivity index (χ0) is 21.0. The van der Waals surface area contributed by atoms with Crippen molar-refractivity contribution in [2.75, 3.05) is 13.1 Å². The summed E-state index contributed by atoms with van der Waals surface area (Å²) in [7, 11) is 0. The topological polar surface area (TPSA) is 133 Å². The van der Waals surface area contributed by atoms with Gasteiger partial charge in [0.25, 0.3) is 0 Å². The Kier molecular flexibility index (Phi) is 6.84. The van der Waals surface area contributed by atoms with Crippen molar-refractivity contribution < 1.29 is 14.1 Å². The van der Waals surface area contributed by atoms with Gasteiger partial charge in [-0.3, -0.25) is 19.0 Å². The number of halogens is 2. The van der Waals surface area contributed by atoms with E-state index in [0.717, 1.165) is 15.0 Å². The van der Waals surface area contributed by atoms with Gasteiger partial charge in [-0.15, -0.1) is 0 Å². The van der Waals surface area contributed by atoms with Gasteiger partial charge in [-0.05, 0) is 36.4 Å². The first-order valence-corrected chi connectivity index (χ1v) is 10.0. The molecule has 0 aliphatic heterocycles. The van der Waals surface area contributed by atoms with Gasteiger partial charge in [0.15, 0.2) is 5.82 Å². The smallest absolute Gasteiger partial charge is 0.316 e. The molecule has 0 bridgehead atoms. The van der Waals surface area contributed by atoms with E-state index in [0.29, 0.717) is 10.8 Å². The van der Waals surface area contributed by atoms with Crippen LogP contribution in [0, 0.1) is 17.4 Å². The standard InChI is InChI=1S/C16H18ClIN8O3/c1-9-14(18)10(2)26(23-9)8-13(27)19-3-4-20-15(28)16-22-12(24-29-16)7-25-6-11(17)5-21-25/h5-6H,3-4,7-8H2,1-2H3,(H,19,27)(H,20,28). The largest absolute Gasteiger partial charge is 0.353 e. The Balaban J connectivity index is 1.40. The molecule has 11 nitrogen and oxygen atoms in total. The summed E-state index contributed by atoms with van der Waals surface area (Å²) in [4.78, 5) is 28.1. The van der Waals surface area contributed by atoms with Crippen molar-refractivity contribution in [3.05, 3.63) is 44.1 Å². The molecule has 3 rings (SSSR count). The van der Waals surface area contributed by atoms with E-state index < -0.39 is 5.91 Å². The molecule has 0 radical (unpaired) electrons. The number of carbonyl (C=O) groups is 2. The van der Waals surface area contributed by atoms with Crippen LogP contribution < -0.4 is 10.6 Å². The summed E-state index contributed by atoms with van der Waals surface area (Å²) in [5.41, 5.74) is 1.83. The zero-order valence-electron chi connectivity index (χ0n) is 15.6. The van der Waals surface area contributed by atoms with Crippen molar-refractivity contribution in [3.8, 4) is 0 Å². The number of hydrogen-bond acceptors (Lipinski definition) is 7. The number of amides is 2. The number of nitrogens with one attached hydrogen (secondary N) is 2. The normalized spacial score (nSPS) is 10.9. The minimum absolute atomic E-state index is 0.119. The molecule has 3 aromatic heterocycles. The maximum atomic E-state index is 12.1. The van der Waals surface area contributed by atoms with E-state index >= 15 is 0 Å². The predicted octanol–water partition coefficient (Wildman–Crippen LogP) is 0.932. The molecular formula is C16H18ClIN8O3. The summed E-state index contributed by atoms with van der Waals surface area (Å²) in [6.07, 6.45) is 3.09. The molecule has 0 saturated heterocycles. The van der Waals surface area contributed by atoms with Crippen LogP contribution in [0.4, 0.5) is 0 Å². The van der Waals surface area contributed by atoms with Crippen LogP contribution in [0.15, 0.2) is 16.9 Å². The monoisotopic (exact) mass is 532 g/mol. The van der Waals surface area contributed by atoms with Crippen LogP contribution in [-0.2, 0) is 17.9 Å². The fraction of sp³-hybridized carbons (Fsp3) is 0.375. The van der Waals surface area contributed by atoms with Crippen LogP contribution >= 0.6 is 34.2 Å². The Morgan fingerprint density at radius 1 is 1.28 bits per heavy atom. The van der Waals surface area contributed by atoms with E-state index in [4.69, 9.17) is 16.1 Å². The summed E-state index contributed by atoms with van der Waals surface area (Å²) >= 11 is 7.99. The second kappa shape index (κ2) is 9.35. The fourth-order valence-electron chi connectivity index (χ4n) is 2.45. The van der Waals surface area contributed by atoms with Gasteiger partial charge in [0.2, 0.25) is 5.91 Å². The van der Waals surface area contributed by atoms with Gasteiger partial charge in [-0.2, -0.15) is 15.2 Å². The minimum atomic E-state index is -0.524. The lowest BCUT2D eigenvalue weighted by atomic mass is 10.4. The third-order valence-electron chi connectivity index (χ3n) is 3.89. The van der Waals surface area contributed by atoms with Crippen LogP contribution in [0.2, 0.25) is 5.02 Å². The lowest BCUT2D eigenvalue weighted by molar-refractivity contribution is -0.121. The SMILES string of the molecule is Cc1nn(CC(=O)NCCNC(=O)c2nc(Cn3cc(Cl)cn3)no2)c(C)c1I. The molecule has 13 heteroatoms. The second-order valence-electron chi connectivity index (χ2n) is 6.12. The third-order valence-corrected chi connectivity index (χ3v) is 5.64. The third kappa shape index (κ3) is 5.53. The molecule has 0 fully saturated rings. The van der Waals surface area contributed by atoms with Crippen molar-refractivity contribution >= 4 is 46.0 Å². The van der Waals surface area contributed by atoms with Crippen molar-refractivity contribution in [3.63, 3.8) is 0 Å². The first kappa shape index (κ1) is 21.2. The highest BCUT2D eigenvalue weighted by Crippen LogP contribution is 2.14. The van der Waals surface area contributed by atoms with E-state index in [1.54, 1.807) is 10.9 Å². The van der Waals surface area contributed by atoms with Crippen molar-refractivity contribution in [2.24, 2.45) is 0 Å². The van der Waals surface area contributed by atoms with Crippen LogP contribution in [0.5, 0.6) is 0 Å². The van der Waals surface area contributed by atoms with Gasteiger partial charge in [-0.25, -0.2) is 0 Å². The molecule has 3 heterocycles. The molecule has 0 aliphatic rings. The maximum Gasteiger partial charge on any atom is 0.316 e. The molecule has 3 aromatic rings. The van der Waals surface area contributed by atoms with Crippen LogP contribution in [-0.4, -0.2) is 54.6 Å². The highest BCUT2D eigenvalue weighted by molar-refractivity contribution is 14.1. The number of hydrogen-bond donors (Lipinski definition) is 2. The molecular weight excluding hydrogens is 515 g/mol. The molecule has 0 aliphatic carbocycles. The molecule has 0 aromatic carbocycles. The molecule has 0 saturated carbocycles. The van der Waals surface area contributed by atoms with Gasteiger partial charge >= 0.3 is 11.8 Å². The summed E-state index contributed by atoms with van der Waals surface area (Å²) in [5.74, 6) is -0.590. The van der Waals surface area contributed by atoms with E-state index in [9.17, 15) is 9.59 Å². The van der Waals surface area contributed by atoms with E-state index in [2.05, 4.69) is 53.6 Å². The Labute approximate surface area is 184 Å². The quantitative estimate of drug-likeness (QED) is 0.326. The zero-order valence-corrected chi connectivity index (χ0v) is 18.6. The van der Waals surface area contributed by atoms with Gasteiger partial charge in [0.05, 0.1) is 20.5 Å². The Bertz CT molecular complexity index is 1030. The van der Waals surface area contributed by atoms with Gasteiger partial charge in [0, 0.05) is 25.0 Å². The number of aromatic nitrogens is 6. The van der Waals surface area contributed by atoms with E-state index in [-0.39, 0.29) is 38.0 Å². The highest BCUT2D eigenvalue weighted by atomic mass is 127. The number of carbonyl (C=O) groups excluding carboxylic acids is 2. The van der Waals surface area contributed by atoms with Gasteiger partial charge in [0.1, 0.15) is 13.1 Å². The second-order valence-corrected chi connectivity index (χ2v) is 7.64. The lowest BCUT2D eigenvalue weighted by Gasteiger charge is -2.07. The average molecular weight is 533 g/mol. The number of aryl methyl sites for hydroxylation is 1. The summed E-state index contributed by atoms with van der Waals surface area (Å²) in [5, 5.41) is 17.9. The number of nitrogens with zero attached hydrogens (tertiary/aromatic N) is 6. The molecule has 0 unspecified atom stereocenters. The first-order valence-electron chi connectivity index (χ1n) is 8.58. The van der Waals surface area contributed by atoms with E-state index in [1.807, 2.05) is 13.8 Å². The fourth-order valence-corrected chi connectivity index (χ4v) is 3.00. The summed E-state index contributed by atoms with van der Waals surface area (Å²) < 4.78 is 9.15. The van der Waals surface area contributed by atoms with E-state index in [1.165, 1.54) is 10.9 Å².